The Kier molecular flexibility index (Phi) is 3.70. The predicted octanol–water partition coefficient (Wildman–Crippen LogP) is 2.51. The third-order valence-electron chi connectivity index (χ3n) is 4.22. The highest BCUT2D eigenvalue weighted by atomic mass is 32.3. The molecule has 0 bridgehead atoms. The average Bonchev–Trinajstić information content (AvgIpc) is 3.31. The van der Waals surface area contributed by atoms with Gasteiger partial charge in [0.2, 0.25) is 5.82 Å². The number of benzene rings is 1. The van der Waals surface area contributed by atoms with Gasteiger partial charge in [0.05, 0.1) is 21.4 Å². The molecule has 6 nitrogen and oxygen atoms in total. The lowest BCUT2D eigenvalue weighted by Crippen LogP contribution is -2.27. The lowest BCUT2D eigenvalue weighted by Gasteiger charge is -2.08. The van der Waals surface area contributed by atoms with Crippen molar-refractivity contribution in [2.24, 2.45) is 0 Å². The Morgan fingerprint density at radius 1 is 1.24 bits per heavy atom. The second-order valence-electron chi connectivity index (χ2n) is 6.28. The third kappa shape index (κ3) is 3.08. The van der Waals surface area contributed by atoms with Crippen LogP contribution in [-0.2, 0) is 14.4 Å². The van der Waals surface area contributed by atoms with Crippen molar-refractivity contribution in [3.05, 3.63) is 54.5 Å². The molecule has 25 heavy (non-hydrogen) atoms. The van der Waals surface area contributed by atoms with Crippen molar-refractivity contribution in [2.75, 3.05) is 6.26 Å². The first kappa shape index (κ1) is 16.0. The molecule has 128 valence electrons. The molecule has 0 aliphatic heterocycles. The van der Waals surface area contributed by atoms with Crippen LogP contribution in [0.3, 0.4) is 0 Å². The monoisotopic (exact) mass is 355 g/mol. The first-order valence-corrected chi connectivity index (χ1v) is 9.91. The molecular weight excluding hydrogens is 338 g/mol. The molecule has 0 saturated heterocycles. The summed E-state index contributed by atoms with van der Waals surface area (Å²) in [6.45, 7) is 0. The Morgan fingerprint density at radius 2 is 1.96 bits per heavy atom. The van der Waals surface area contributed by atoms with Crippen LogP contribution in [0.25, 0.3) is 16.8 Å². The van der Waals surface area contributed by atoms with E-state index in [0.717, 1.165) is 23.9 Å². The number of hydrogen-bond donors (Lipinski definition) is 1. The fraction of sp³-hybridized carbons (Fsp3) is 0.222. The first-order chi connectivity index (χ1) is 11.9. The minimum Gasteiger partial charge on any atom is -0.610 e. The van der Waals surface area contributed by atoms with Gasteiger partial charge in [0.25, 0.3) is 5.91 Å². The Morgan fingerprint density at radius 3 is 2.60 bits per heavy atom. The number of nitrogens with one attached hydrogen (secondary N) is 1. The Labute approximate surface area is 146 Å². The molecule has 1 atom stereocenters. The Hall–Kier alpha value is -2.51. The van der Waals surface area contributed by atoms with Gasteiger partial charge in [0.15, 0.2) is 4.90 Å². The summed E-state index contributed by atoms with van der Waals surface area (Å²) < 4.78 is 25.0. The van der Waals surface area contributed by atoms with Gasteiger partial charge < -0.3 is 9.87 Å². The molecule has 1 saturated carbocycles. The highest BCUT2D eigenvalue weighted by Gasteiger charge is 2.26. The summed E-state index contributed by atoms with van der Waals surface area (Å²) in [6, 6.07) is 12.4. The molecule has 1 aliphatic carbocycles. The summed E-state index contributed by atoms with van der Waals surface area (Å²) in [5, 5.41) is 2.95. The van der Waals surface area contributed by atoms with Gasteiger partial charge in [-0.05, 0) is 49.2 Å². The zero-order valence-corrected chi connectivity index (χ0v) is 14.5. The highest BCUT2D eigenvalue weighted by molar-refractivity contribution is 7.97. The second kappa shape index (κ2) is 5.79. The number of fused-ring (bicyclic) bond motifs is 1. The van der Waals surface area contributed by atoms with E-state index in [2.05, 4.69) is 10.3 Å². The summed E-state index contributed by atoms with van der Waals surface area (Å²) in [4.78, 5) is 17.3. The van der Waals surface area contributed by atoms with Gasteiger partial charge in [-0.2, -0.15) is 0 Å². The zero-order valence-electron chi connectivity index (χ0n) is 13.6. The fourth-order valence-electron chi connectivity index (χ4n) is 2.75. The van der Waals surface area contributed by atoms with Gasteiger partial charge in [0, 0.05) is 17.8 Å². The largest absolute Gasteiger partial charge is 0.610 e. The molecule has 1 amide bonds. The number of imidazole rings is 1. The quantitative estimate of drug-likeness (QED) is 0.729. The third-order valence-corrected chi connectivity index (χ3v) is 5.35. The van der Waals surface area contributed by atoms with E-state index in [-0.39, 0.29) is 16.8 Å². The maximum absolute atomic E-state index is 12.5. The van der Waals surface area contributed by atoms with Gasteiger partial charge in [-0.15, -0.1) is 4.21 Å². The van der Waals surface area contributed by atoms with E-state index in [4.69, 9.17) is 0 Å². The maximum atomic E-state index is 12.5. The number of carbonyl (C=O) groups excluding carboxylic acids is 1. The van der Waals surface area contributed by atoms with Crippen molar-refractivity contribution in [3.8, 4) is 11.3 Å². The van der Waals surface area contributed by atoms with E-state index in [1.165, 1.54) is 6.26 Å². The van der Waals surface area contributed by atoms with E-state index in [1.54, 1.807) is 34.9 Å². The molecule has 2 aromatic heterocycles. The maximum Gasteiger partial charge on any atom is 0.287 e. The molecule has 1 unspecified atom stereocenters. The minimum atomic E-state index is -3.25. The Bertz CT molecular complexity index is 1000. The van der Waals surface area contributed by atoms with Crippen LogP contribution in [-0.4, -0.2) is 32.1 Å². The predicted molar refractivity (Wildman–Crippen MR) is 94.1 cm³/mol. The van der Waals surface area contributed by atoms with E-state index in [1.807, 2.05) is 18.2 Å². The molecule has 7 heteroatoms. The molecule has 3 aromatic rings. The second-order valence-corrected chi connectivity index (χ2v) is 8.30. The van der Waals surface area contributed by atoms with Crippen LogP contribution < -0.4 is 5.32 Å². The minimum absolute atomic E-state index is 0.192. The standard InChI is InChI=1S/C18H17N3O3S/c1-25(23,24)14-9-5-12(6-10-14)16-15-4-2-3-11-21(15)17(20-16)18(22)19-13-7-8-13/h2-6,9-11,13H,7-8H2,1H3,(H-,19,22,23,24). The van der Waals surface area contributed by atoms with Gasteiger partial charge in [-0.3, -0.25) is 9.20 Å². The molecule has 1 aromatic carbocycles. The van der Waals surface area contributed by atoms with E-state index in [0.29, 0.717) is 11.5 Å². The van der Waals surface area contributed by atoms with Gasteiger partial charge in [0.1, 0.15) is 6.26 Å². The van der Waals surface area contributed by atoms with Crippen molar-refractivity contribution in [1.82, 2.24) is 14.7 Å². The van der Waals surface area contributed by atoms with Crippen LogP contribution in [0.15, 0.2) is 53.6 Å². The van der Waals surface area contributed by atoms with Crippen LogP contribution in [0, 0.1) is 0 Å². The molecule has 2 heterocycles. The molecule has 1 fully saturated rings. The SMILES string of the molecule is C[S+](=O)([O-])c1ccc(-c2nc(C(=O)NC3CC3)n3ccccc23)cc1. The number of amides is 1. The normalized spacial score (nSPS) is 16.6. The summed E-state index contributed by atoms with van der Waals surface area (Å²) in [7, 11) is -3.25. The first-order valence-electron chi connectivity index (χ1n) is 8.02. The van der Waals surface area contributed by atoms with Crippen LogP contribution in [0.1, 0.15) is 23.5 Å². The molecular formula is C18H17N3O3S. The topological polar surface area (TPSA) is 86.5 Å². The number of sulfone groups is 1. The summed E-state index contributed by atoms with van der Waals surface area (Å²) >= 11 is 0. The molecule has 0 spiro atoms. The Balaban J connectivity index is 1.79. The molecule has 0 radical (unpaired) electrons. The van der Waals surface area contributed by atoms with Gasteiger partial charge >= 0.3 is 0 Å². The number of nitrogens with zero attached hydrogens (tertiary/aromatic N) is 2. The molecule has 1 N–H and O–H groups in total. The van der Waals surface area contributed by atoms with Crippen molar-refractivity contribution in [3.63, 3.8) is 0 Å². The summed E-state index contributed by atoms with van der Waals surface area (Å²) in [6.07, 6.45) is 5.00. The zero-order chi connectivity index (χ0) is 17.6. The summed E-state index contributed by atoms with van der Waals surface area (Å²) in [5.74, 6) is 0.146. The van der Waals surface area contributed by atoms with E-state index in [9.17, 15) is 13.6 Å². The molecule has 4 rings (SSSR count). The molecule has 1 aliphatic rings. The van der Waals surface area contributed by atoms with E-state index < -0.39 is 10.2 Å². The fourth-order valence-corrected chi connectivity index (χ4v) is 3.38. The average molecular weight is 355 g/mol. The number of aromatic nitrogens is 2. The smallest absolute Gasteiger partial charge is 0.287 e. The van der Waals surface area contributed by atoms with Gasteiger partial charge in [-0.25, -0.2) is 4.98 Å². The van der Waals surface area contributed by atoms with Crippen molar-refractivity contribution in [1.29, 1.82) is 0 Å². The van der Waals surface area contributed by atoms with Crippen molar-refractivity contribution < 1.29 is 13.6 Å². The number of hydrogen-bond acceptors (Lipinski definition) is 4. The van der Waals surface area contributed by atoms with Crippen molar-refractivity contribution >= 4 is 21.6 Å². The van der Waals surface area contributed by atoms with Crippen LogP contribution in [0.2, 0.25) is 0 Å². The van der Waals surface area contributed by atoms with Gasteiger partial charge in [-0.1, -0.05) is 6.07 Å². The number of rotatable bonds is 4. The van der Waals surface area contributed by atoms with Crippen LogP contribution in [0.4, 0.5) is 0 Å². The highest BCUT2D eigenvalue weighted by Crippen LogP contribution is 2.27. The summed E-state index contributed by atoms with van der Waals surface area (Å²) in [5.41, 5.74) is 2.22. The number of pyridine rings is 1. The van der Waals surface area contributed by atoms with Crippen LogP contribution in [0.5, 0.6) is 0 Å². The lowest BCUT2D eigenvalue weighted by atomic mass is 10.1. The van der Waals surface area contributed by atoms with Crippen molar-refractivity contribution in [2.45, 2.75) is 23.8 Å². The van der Waals surface area contributed by atoms with Crippen LogP contribution >= 0.6 is 0 Å². The van der Waals surface area contributed by atoms with E-state index >= 15 is 0 Å². The lowest BCUT2D eigenvalue weighted by molar-refractivity contribution is 0.0940. The number of carbonyl (C=O) groups is 1.